The topological polar surface area (TPSA) is 66.8 Å². The van der Waals surface area contributed by atoms with Crippen molar-refractivity contribution >= 4 is 11.9 Å². The lowest BCUT2D eigenvalue weighted by Crippen LogP contribution is -2.15. The number of hydrogen-bond acceptors (Lipinski definition) is 4. The van der Waals surface area contributed by atoms with E-state index in [4.69, 9.17) is 4.74 Å². The van der Waals surface area contributed by atoms with Crippen LogP contribution in [0.1, 0.15) is 18.9 Å². The molecule has 0 aromatic heterocycles. The van der Waals surface area contributed by atoms with Gasteiger partial charge >= 0.3 is 0 Å². The minimum absolute atomic E-state index is 0.0932. The summed E-state index contributed by atoms with van der Waals surface area (Å²) in [5.74, 6) is 0.231. The number of benzene rings is 1. The second-order valence-electron chi connectivity index (χ2n) is 5.01. The Hall–Kier alpha value is -2.49. The van der Waals surface area contributed by atoms with E-state index < -0.39 is 0 Å². The number of ether oxygens (including phenoxy) is 1. The highest BCUT2D eigenvalue weighted by atomic mass is 16.5. The Morgan fingerprint density at radius 2 is 1.95 bits per heavy atom. The van der Waals surface area contributed by atoms with Crippen LogP contribution in [0.25, 0.3) is 6.08 Å². The zero-order chi connectivity index (χ0) is 15.4. The second kappa shape index (κ2) is 6.31. The van der Waals surface area contributed by atoms with Crippen LogP contribution in [-0.4, -0.2) is 23.1 Å². The predicted octanol–water partition coefficient (Wildman–Crippen LogP) is 3.57. The van der Waals surface area contributed by atoms with Gasteiger partial charge in [-0.05, 0) is 29.7 Å². The average Bonchev–Trinajstić information content (AvgIpc) is 2.44. The first kappa shape index (κ1) is 14.9. The lowest BCUT2D eigenvalue weighted by atomic mass is 9.88. The summed E-state index contributed by atoms with van der Waals surface area (Å²) < 4.78 is 5.07. The van der Waals surface area contributed by atoms with Gasteiger partial charge in [0.25, 0.3) is 0 Å². The van der Waals surface area contributed by atoms with Crippen molar-refractivity contribution in [2.24, 2.45) is 5.92 Å². The van der Waals surface area contributed by atoms with Gasteiger partial charge in [0, 0.05) is 18.1 Å². The van der Waals surface area contributed by atoms with Gasteiger partial charge in [-0.1, -0.05) is 25.1 Å². The Balaban J connectivity index is 2.17. The van der Waals surface area contributed by atoms with E-state index in [1.807, 2.05) is 24.3 Å². The van der Waals surface area contributed by atoms with Crippen LogP contribution in [0.15, 0.2) is 53.5 Å². The third kappa shape index (κ3) is 3.54. The Bertz CT molecular complexity index is 621. The zero-order valence-corrected chi connectivity index (χ0v) is 12.0. The molecule has 1 aliphatic carbocycles. The summed E-state index contributed by atoms with van der Waals surface area (Å²) in [7, 11) is 1.59. The summed E-state index contributed by atoms with van der Waals surface area (Å²) in [6, 6.07) is 7.30. The van der Waals surface area contributed by atoms with Crippen LogP contribution in [0.5, 0.6) is 5.75 Å². The smallest absolute Gasteiger partial charge is 0.185 e. The molecule has 2 rings (SSSR count). The van der Waals surface area contributed by atoms with E-state index in [0.717, 1.165) is 11.3 Å². The number of carbonyl (C=O) groups excluding carboxylic acids is 1. The number of allylic oxidation sites excluding steroid dienone is 4. The molecule has 0 radical (unpaired) electrons. The summed E-state index contributed by atoms with van der Waals surface area (Å²) in [4.78, 5) is 12.2. The lowest BCUT2D eigenvalue weighted by Gasteiger charge is -2.18. The molecule has 4 heteroatoms. The van der Waals surface area contributed by atoms with Crippen molar-refractivity contribution in [1.29, 1.82) is 0 Å². The molecular weight excluding hydrogens is 268 g/mol. The van der Waals surface area contributed by atoms with Crippen LogP contribution in [0.3, 0.4) is 0 Å². The second-order valence-corrected chi connectivity index (χ2v) is 5.01. The molecule has 0 bridgehead atoms. The highest BCUT2D eigenvalue weighted by Gasteiger charge is 2.24. The lowest BCUT2D eigenvalue weighted by molar-refractivity contribution is -0.111. The normalized spacial score (nSPS) is 18.8. The van der Waals surface area contributed by atoms with Crippen molar-refractivity contribution in [3.05, 3.63) is 59.1 Å². The third-order valence-electron chi connectivity index (χ3n) is 3.40. The Morgan fingerprint density at radius 1 is 1.29 bits per heavy atom. The quantitative estimate of drug-likeness (QED) is 0.830. The van der Waals surface area contributed by atoms with E-state index in [2.05, 4.69) is 0 Å². The van der Waals surface area contributed by atoms with E-state index in [-0.39, 0.29) is 23.2 Å². The molecule has 4 nitrogen and oxygen atoms in total. The van der Waals surface area contributed by atoms with Crippen LogP contribution >= 0.6 is 0 Å². The number of ketones is 1. The summed E-state index contributed by atoms with van der Waals surface area (Å²) >= 11 is 0. The Kier molecular flexibility index (Phi) is 4.48. The molecule has 0 saturated heterocycles. The van der Waals surface area contributed by atoms with Crippen LogP contribution in [0, 0.1) is 5.92 Å². The van der Waals surface area contributed by atoms with Gasteiger partial charge in [-0.3, -0.25) is 4.79 Å². The van der Waals surface area contributed by atoms with E-state index in [0.29, 0.717) is 12.0 Å². The van der Waals surface area contributed by atoms with Gasteiger partial charge in [0.1, 0.15) is 11.5 Å². The Labute approximate surface area is 123 Å². The van der Waals surface area contributed by atoms with Crippen molar-refractivity contribution in [3.8, 4) is 5.75 Å². The number of hydrogen-bond donors (Lipinski definition) is 2. The number of carbonyl (C=O) groups is 1. The maximum absolute atomic E-state index is 12.2. The van der Waals surface area contributed by atoms with Gasteiger partial charge in [-0.25, -0.2) is 0 Å². The van der Waals surface area contributed by atoms with Gasteiger partial charge < -0.3 is 14.9 Å². The van der Waals surface area contributed by atoms with Crippen LogP contribution in [0.4, 0.5) is 0 Å². The molecule has 0 fully saturated rings. The molecule has 1 aliphatic rings. The maximum Gasteiger partial charge on any atom is 0.185 e. The van der Waals surface area contributed by atoms with Crippen LogP contribution in [0.2, 0.25) is 0 Å². The van der Waals surface area contributed by atoms with E-state index >= 15 is 0 Å². The number of aliphatic hydroxyl groups excluding tert-OH is 2. The molecule has 0 spiro atoms. The molecular formula is C17H18O4. The summed E-state index contributed by atoms with van der Waals surface area (Å²) in [5.41, 5.74) is 1.20. The fourth-order valence-electron chi connectivity index (χ4n) is 2.31. The summed E-state index contributed by atoms with van der Waals surface area (Å²) in [6.07, 6.45) is 4.71. The van der Waals surface area contributed by atoms with Crippen LogP contribution in [-0.2, 0) is 4.79 Å². The molecule has 1 aromatic carbocycles. The van der Waals surface area contributed by atoms with Gasteiger partial charge in [0.05, 0.1) is 12.9 Å². The van der Waals surface area contributed by atoms with Crippen molar-refractivity contribution < 1.29 is 19.7 Å². The first-order chi connectivity index (χ1) is 10.0. The van der Waals surface area contributed by atoms with E-state index in [9.17, 15) is 15.0 Å². The summed E-state index contributed by atoms with van der Waals surface area (Å²) in [5, 5.41) is 19.3. The SMILES string of the molecule is COc1ccc(/C=C/C(=O)C2=C(O)C=C(O)C[C@@H]2C)cc1. The molecule has 0 aliphatic heterocycles. The fraction of sp³-hybridized carbons (Fsp3) is 0.235. The fourth-order valence-corrected chi connectivity index (χ4v) is 2.31. The summed E-state index contributed by atoms with van der Waals surface area (Å²) in [6.45, 7) is 1.80. The molecule has 0 amide bonds. The first-order valence-electron chi connectivity index (χ1n) is 6.70. The Morgan fingerprint density at radius 3 is 2.52 bits per heavy atom. The monoisotopic (exact) mass is 286 g/mol. The van der Waals surface area contributed by atoms with E-state index in [1.165, 1.54) is 12.2 Å². The molecule has 110 valence electrons. The van der Waals surface area contributed by atoms with E-state index in [1.54, 1.807) is 20.1 Å². The standard InChI is InChI=1S/C17H18O4/c1-11-9-13(18)10-16(20)17(11)15(19)8-5-12-3-6-14(21-2)7-4-12/h3-8,10-11,18,20H,9H2,1-2H3/b8-5+/t11-/m0/s1. The molecule has 1 aromatic rings. The van der Waals surface area contributed by atoms with Crippen molar-refractivity contribution in [1.82, 2.24) is 0 Å². The predicted molar refractivity (Wildman–Crippen MR) is 81.2 cm³/mol. The molecule has 1 atom stereocenters. The molecule has 2 N–H and O–H groups in total. The zero-order valence-electron chi connectivity index (χ0n) is 12.0. The van der Waals surface area contributed by atoms with Gasteiger partial charge in [0.2, 0.25) is 0 Å². The third-order valence-corrected chi connectivity index (χ3v) is 3.40. The minimum Gasteiger partial charge on any atom is -0.512 e. The van der Waals surface area contributed by atoms with Crippen molar-refractivity contribution in [2.45, 2.75) is 13.3 Å². The maximum atomic E-state index is 12.2. The number of rotatable bonds is 4. The van der Waals surface area contributed by atoms with Crippen LogP contribution < -0.4 is 4.74 Å². The molecule has 0 unspecified atom stereocenters. The van der Waals surface area contributed by atoms with Crippen molar-refractivity contribution in [2.75, 3.05) is 7.11 Å². The largest absolute Gasteiger partial charge is 0.512 e. The number of aliphatic hydroxyl groups is 2. The molecule has 0 saturated carbocycles. The van der Waals surface area contributed by atoms with Gasteiger partial charge in [0.15, 0.2) is 5.78 Å². The van der Waals surface area contributed by atoms with Crippen molar-refractivity contribution in [3.63, 3.8) is 0 Å². The number of methoxy groups -OCH3 is 1. The van der Waals surface area contributed by atoms with Gasteiger partial charge in [-0.2, -0.15) is 0 Å². The highest BCUT2D eigenvalue weighted by molar-refractivity contribution is 6.07. The average molecular weight is 286 g/mol. The minimum atomic E-state index is -0.250. The van der Waals surface area contributed by atoms with Gasteiger partial charge in [-0.15, -0.1) is 0 Å². The molecule has 0 heterocycles. The first-order valence-corrected chi connectivity index (χ1v) is 6.70. The molecule has 21 heavy (non-hydrogen) atoms. The highest BCUT2D eigenvalue weighted by Crippen LogP contribution is 2.28.